The van der Waals surface area contributed by atoms with Crippen molar-refractivity contribution < 1.29 is 9.90 Å². The van der Waals surface area contributed by atoms with Gasteiger partial charge in [-0.3, -0.25) is 9.58 Å². The number of aryl methyl sites for hydroxylation is 1. The van der Waals surface area contributed by atoms with Gasteiger partial charge in [-0.25, -0.2) is 4.79 Å². The van der Waals surface area contributed by atoms with Crippen LogP contribution in [-0.2, 0) is 25.9 Å². The third-order valence-corrected chi connectivity index (χ3v) is 5.40. The molecule has 0 unspecified atom stereocenters. The van der Waals surface area contributed by atoms with Crippen molar-refractivity contribution in [1.29, 1.82) is 0 Å². The van der Waals surface area contributed by atoms with E-state index in [1.165, 1.54) is 11.5 Å². The lowest BCUT2D eigenvalue weighted by atomic mass is 9.90. The van der Waals surface area contributed by atoms with Crippen molar-refractivity contribution in [2.75, 3.05) is 7.05 Å². The molecule has 2 heterocycles. The van der Waals surface area contributed by atoms with Crippen molar-refractivity contribution in [2.24, 2.45) is 0 Å². The highest BCUT2D eigenvalue weighted by Crippen LogP contribution is 2.28. The second-order valence-electron chi connectivity index (χ2n) is 6.14. The van der Waals surface area contributed by atoms with Gasteiger partial charge in [0.2, 0.25) is 0 Å². The summed E-state index contributed by atoms with van der Waals surface area (Å²) in [6.07, 6.45) is 4.27. The van der Waals surface area contributed by atoms with Crippen molar-refractivity contribution in [3.8, 4) is 0 Å². The first-order chi connectivity index (χ1) is 11.5. The summed E-state index contributed by atoms with van der Waals surface area (Å²) >= 11 is 1.42. The van der Waals surface area contributed by atoms with Crippen LogP contribution in [0, 0.1) is 6.92 Å². The van der Waals surface area contributed by atoms with E-state index in [1.807, 2.05) is 6.92 Å². The number of allylic oxidation sites excluding steroid dienone is 1. The monoisotopic (exact) mass is 347 g/mol. The van der Waals surface area contributed by atoms with Crippen LogP contribution in [0.3, 0.4) is 0 Å². The van der Waals surface area contributed by atoms with Crippen LogP contribution in [0.15, 0.2) is 12.7 Å². The minimum absolute atomic E-state index is 0.181. The van der Waals surface area contributed by atoms with E-state index >= 15 is 0 Å². The zero-order valence-electron chi connectivity index (χ0n) is 13.9. The van der Waals surface area contributed by atoms with Gasteiger partial charge in [-0.1, -0.05) is 10.6 Å². The number of carboxylic acids is 1. The molecule has 24 heavy (non-hydrogen) atoms. The molecule has 0 saturated heterocycles. The Balaban J connectivity index is 1.81. The molecule has 2 aromatic rings. The number of hydrogen-bond donors (Lipinski definition) is 1. The van der Waals surface area contributed by atoms with Crippen LogP contribution in [-0.4, -0.2) is 48.4 Å². The standard InChI is InChI=1S/C16H21N5O2S/c1-4-7-21-13-6-5-11(8-12(13)15(18-21)16(22)23)20(3)9-14-10(2)17-19-24-14/h4,11H,1,5-9H2,2-3H3,(H,22,23)/t11-/m0/s1. The van der Waals surface area contributed by atoms with E-state index in [2.05, 4.69) is 33.2 Å². The van der Waals surface area contributed by atoms with Gasteiger partial charge in [0.15, 0.2) is 5.69 Å². The van der Waals surface area contributed by atoms with E-state index in [1.54, 1.807) is 10.8 Å². The summed E-state index contributed by atoms with van der Waals surface area (Å²) in [5.41, 5.74) is 3.05. The van der Waals surface area contributed by atoms with Crippen LogP contribution >= 0.6 is 11.5 Å². The molecular formula is C16H21N5O2S. The number of carboxylic acid groups (broad SMARTS) is 1. The molecule has 0 aromatic carbocycles. The van der Waals surface area contributed by atoms with Crippen LogP contribution < -0.4 is 0 Å². The summed E-state index contributed by atoms with van der Waals surface area (Å²) < 4.78 is 5.76. The Hall–Kier alpha value is -2.06. The highest BCUT2D eigenvalue weighted by molar-refractivity contribution is 7.05. The molecule has 1 aliphatic rings. The van der Waals surface area contributed by atoms with Crippen LogP contribution in [0.2, 0.25) is 0 Å². The Bertz CT molecular complexity index is 767. The normalized spacial score (nSPS) is 17.0. The first-order valence-electron chi connectivity index (χ1n) is 7.92. The highest BCUT2D eigenvalue weighted by Gasteiger charge is 2.30. The van der Waals surface area contributed by atoms with Gasteiger partial charge in [-0.05, 0) is 44.8 Å². The molecule has 7 nitrogen and oxygen atoms in total. The van der Waals surface area contributed by atoms with Crippen LogP contribution in [0.25, 0.3) is 0 Å². The number of fused-ring (bicyclic) bond motifs is 1. The van der Waals surface area contributed by atoms with Gasteiger partial charge in [0, 0.05) is 23.8 Å². The van der Waals surface area contributed by atoms with Gasteiger partial charge in [0.05, 0.1) is 17.1 Å². The first kappa shape index (κ1) is 16.8. The van der Waals surface area contributed by atoms with Gasteiger partial charge in [-0.15, -0.1) is 11.7 Å². The molecule has 2 aromatic heterocycles. The average Bonchev–Trinajstić information content (AvgIpc) is 3.12. The zero-order chi connectivity index (χ0) is 17.3. The fourth-order valence-electron chi connectivity index (χ4n) is 3.24. The minimum atomic E-state index is -0.958. The molecule has 0 spiro atoms. The number of aromatic carboxylic acids is 1. The van der Waals surface area contributed by atoms with Crippen LogP contribution in [0.4, 0.5) is 0 Å². The van der Waals surface area contributed by atoms with E-state index < -0.39 is 5.97 Å². The predicted molar refractivity (Wildman–Crippen MR) is 91.3 cm³/mol. The number of aromatic nitrogens is 4. The Morgan fingerprint density at radius 2 is 2.38 bits per heavy atom. The maximum Gasteiger partial charge on any atom is 0.356 e. The minimum Gasteiger partial charge on any atom is -0.476 e. The van der Waals surface area contributed by atoms with E-state index in [0.29, 0.717) is 19.0 Å². The number of rotatable bonds is 6. The van der Waals surface area contributed by atoms with Crippen molar-refractivity contribution in [3.63, 3.8) is 0 Å². The second-order valence-corrected chi connectivity index (χ2v) is 6.98. The molecule has 8 heteroatoms. The molecule has 0 saturated carbocycles. The van der Waals surface area contributed by atoms with Crippen LogP contribution in [0.5, 0.6) is 0 Å². The summed E-state index contributed by atoms with van der Waals surface area (Å²) in [4.78, 5) is 15.0. The summed E-state index contributed by atoms with van der Waals surface area (Å²) in [7, 11) is 2.07. The van der Waals surface area contributed by atoms with Gasteiger partial charge in [-0.2, -0.15) is 5.10 Å². The molecular weight excluding hydrogens is 326 g/mol. The molecule has 0 radical (unpaired) electrons. The van der Waals surface area contributed by atoms with E-state index in [-0.39, 0.29) is 5.69 Å². The fourth-order valence-corrected chi connectivity index (χ4v) is 3.94. The number of hydrogen-bond acceptors (Lipinski definition) is 6. The van der Waals surface area contributed by atoms with Gasteiger partial charge < -0.3 is 5.11 Å². The second kappa shape index (κ2) is 6.82. The molecule has 1 N–H and O–H groups in total. The molecule has 128 valence electrons. The van der Waals surface area contributed by atoms with E-state index in [9.17, 15) is 9.90 Å². The number of likely N-dealkylation sites (N-methyl/N-ethyl adjacent to an activating group) is 1. The predicted octanol–water partition coefficient (Wildman–Crippen LogP) is 1.92. The van der Waals surface area contributed by atoms with Crippen molar-refractivity contribution in [3.05, 3.63) is 40.2 Å². The Labute approximate surface area is 144 Å². The van der Waals surface area contributed by atoms with Crippen molar-refractivity contribution in [2.45, 2.75) is 45.3 Å². The molecule has 0 bridgehead atoms. The molecule has 0 aliphatic heterocycles. The Morgan fingerprint density at radius 3 is 3.00 bits per heavy atom. The molecule has 1 atom stereocenters. The average molecular weight is 347 g/mol. The smallest absolute Gasteiger partial charge is 0.356 e. The fraction of sp³-hybridized carbons (Fsp3) is 0.500. The van der Waals surface area contributed by atoms with Gasteiger partial charge in [0.1, 0.15) is 0 Å². The molecule has 3 rings (SSSR count). The lowest BCUT2D eigenvalue weighted by Crippen LogP contribution is -2.36. The van der Waals surface area contributed by atoms with Gasteiger partial charge in [0.25, 0.3) is 0 Å². The largest absolute Gasteiger partial charge is 0.476 e. The van der Waals surface area contributed by atoms with Crippen LogP contribution in [0.1, 0.15) is 38.7 Å². The third kappa shape index (κ3) is 3.11. The number of carbonyl (C=O) groups is 1. The summed E-state index contributed by atoms with van der Waals surface area (Å²) in [6, 6.07) is 0.290. The summed E-state index contributed by atoms with van der Waals surface area (Å²) in [5, 5.41) is 17.8. The Morgan fingerprint density at radius 1 is 1.58 bits per heavy atom. The Kier molecular flexibility index (Phi) is 4.77. The SMILES string of the molecule is C=CCn1nc(C(=O)O)c2c1CC[C@H](N(C)Cc1snnc1C)C2. The first-order valence-corrected chi connectivity index (χ1v) is 8.69. The molecule has 0 fully saturated rings. The quantitative estimate of drug-likeness (QED) is 0.804. The highest BCUT2D eigenvalue weighted by atomic mass is 32.1. The van der Waals surface area contributed by atoms with E-state index in [0.717, 1.165) is 41.2 Å². The topological polar surface area (TPSA) is 84.1 Å². The maximum absolute atomic E-state index is 11.5. The lowest BCUT2D eigenvalue weighted by molar-refractivity contribution is 0.0687. The molecule has 0 amide bonds. The summed E-state index contributed by atoms with van der Waals surface area (Å²) in [6.45, 7) is 7.02. The maximum atomic E-state index is 11.5. The zero-order valence-corrected chi connectivity index (χ0v) is 14.7. The molecule has 1 aliphatic carbocycles. The van der Waals surface area contributed by atoms with Crippen molar-refractivity contribution >= 4 is 17.5 Å². The summed E-state index contributed by atoms with van der Waals surface area (Å²) in [5.74, 6) is -0.958. The van der Waals surface area contributed by atoms with E-state index in [4.69, 9.17) is 0 Å². The van der Waals surface area contributed by atoms with Gasteiger partial charge >= 0.3 is 5.97 Å². The number of nitrogens with zero attached hydrogens (tertiary/aromatic N) is 5. The third-order valence-electron chi connectivity index (χ3n) is 4.59. The lowest BCUT2D eigenvalue weighted by Gasteiger charge is -2.31. The van der Waals surface area contributed by atoms with Crippen molar-refractivity contribution in [1.82, 2.24) is 24.3 Å².